The fourth-order valence-corrected chi connectivity index (χ4v) is 2.62. The van der Waals surface area contributed by atoms with Crippen molar-refractivity contribution in [2.24, 2.45) is 0 Å². The van der Waals surface area contributed by atoms with Crippen molar-refractivity contribution in [2.75, 3.05) is 26.2 Å². The number of hydrogen-bond acceptors (Lipinski definition) is 5. The summed E-state index contributed by atoms with van der Waals surface area (Å²) in [6.45, 7) is 7.10. The summed E-state index contributed by atoms with van der Waals surface area (Å²) >= 11 is 0. The summed E-state index contributed by atoms with van der Waals surface area (Å²) in [7, 11) is 0. The Balaban J connectivity index is 1.94. The van der Waals surface area contributed by atoms with Crippen molar-refractivity contribution in [3.63, 3.8) is 0 Å². The number of imide groups is 1. The van der Waals surface area contributed by atoms with E-state index >= 15 is 0 Å². The SMILES string of the molecule is CC(C)(C)OC(=O)[C@@H]1CCCN1CC(=O)N1CCNC1=O. The smallest absolute Gasteiger partial charge is 0.324 e. The molecule has 1 N–H and O–H groups in total. The van der Waals surface area contributed by atoms with Gasteiger partial charge in [-0.05, 0) is 40.2 Å². The molecule has 7 heteroatoms. The van der Waals surface area contributed by atoms with E-state index in [0.717, 1.165) is 6.42 Å². The van der Waals surface area contributed by atoms with Crippen LogP contribution in [0.15, 0.2) is 0 Å². The van der Waals surface area contributed by atoms with E-state index in [4.69, 9.17) is 4.74 Å². The fourth-order valence-electron chi connectivity index (χ4n) is 2.62. The predicted octanol–water partition coefficient (Wildman–Crippen LogP) is 0.344. The lowest BCUT2D eigenvalue weighted by atomic mass is 10.1. The summed E-state index contributed by atoms with van der Waals surface area (Å²) in [5.74, 6) is -0.556. The molecule has 2 fully saturated rings. The summed E-state index contributed by atoms with van der Waals surface area (Å²) < 4.78 is 5.40. The molecule has 3 amide bonds. The number of ether oxygens (including phenoxy) is 1. The minimum atomic E-state index is -0.538. The summed E-state index contributed by atoms with van der Waals surface area (Å²) in [5, 5.41) is 2.60. The van der Waals surface area contributed by atoms with Crippen molar-refractivity contribution in [3.8, 4) is 0 Å². The third-order valence-corrected chi connectivity index (χ3v) is 3.54. The van der Waals surface area contributed by atoms with Gasteiger partial charge >= 0.3 is 12.0 Å². The van der Waals surface area contributed by atoms with Gasteiger partial charge in [-0.3, -0.25) is 19.4 Å². The molecule has 0 spiro atoms. The molecule has 0 aromatic carbocycles. The number of carbonyl (C=O) groups is 3. The number of amides is 3. The van der Waals surface area contributed by atoms with E-state index in [1.807, 2.05) is 25.7 Å². The average Bonchev–Trinajstić information content (AvgIpc) is 2.95. The first-order valence-electron chi connectivity index (χ1n) is 7.33. The molecule has 2 aliphatic rings. The highest BCUT2D eigenvalue weighted by Crippen LogP contribution is 2.21. The van der Waals surface area contributed by atoms with Crippen molar-refractivity contribution < 1.29 is 19.1 Å². The number of rotatable bonds is 3. The Kier molecular flexibility index (Phi) is 4.51. The first-order chi connectivity index (χ1) is 9.78. The molecule has 1 atom stereocenters. The number of esters is 1. The number of nitrogens with zero attached hydrogens (tertiary/aromatic N) is 2. The van der Waals surface area contributed by atoms with E-state index in [0.29, 0.717) is 26.1 Å². The minimum absolute atomic E-state index is 0.0807. The predicted molar refractivity (Wildman–Crippen MR) is 75.6 cm³/mol. The highest BCUT2D eigenvalue weighted by atomic mass is 16.6. The van der Waals surface area contributed by atoms with Crippen molar-refractivity contribution in [2.45, 2.75) is 45.3 Å². The summed E-state index contributed by atoms with van der Waals surface area (Å²) in [6.07, 6.45) is 1.54. The summed E-state index contributed by atoms with van der Waals surface area (Å²) in [5.41, 5.74) is -0.538. The van der Waals surface area contributed by atoms with Crippen LogP contribution in [0.1, 0.15) is 33.6 Å². The second-order valence-electron chi connectivity index (χ2n) is 6.44. The zero-order valence-corrected chi connectivity index (χ0v) is 12.8. The van der Waals surface area contributed by atoms with Gasteiger partial charge in [0.25, 0.3) is 0 Å². The van der Waals surface area contributed by atoms with Crippen molar-refractivity contribution in [1.82, 2.24) is 15.1 Å². The minimum Gasteiger partial charge on any atom is -0.459 e. The Labute approximate surface area is 124 Å². The van der Waals surface area contributed by atoms with E-state index < -0.39 is 5.60 Å². The molecule has 0 aliphatic carbocycles. The maximum atomic E-state index is 12.2. The number of urea groups is 1. The lowest BCUT2D eigenvalue weighted by Crippen LogP contribution is -2.47. The third-order valence-electron chi connectivity index (χ3n) is 3.54. The normalized spacial score (nSPS) is 23.3. The van der Waals surface area contributed by atoms with Crippen LogP contribution >= 0.6 is 0 Å². The highest BCUT2D eigenvalue weighted by Gasteiger charge is 2.37. The Bertz CT molecular complexity index is 444. The molecule has 0 aromatic rings. The molecule has 0 saturated carbocycles. The molecule has 7 nitrogen and oxygen atoms in total. The molecule has 2 saturated heterocycles. The monoisotopic (exact) mass is 297 g/mol. The second-order valence-corrected chi connectivity index (χ2v) is 6.44. The van der Waals surface area contributed by atoms with Gasteiger partial charge in [0, 0.05) is 13.1 Å². The van der Waals surface area contributed by atoms with Gasteiger partial charge in [0.1, 0.15) is 11.6 Å². The second kappa shape index (κ2) is 6.01. The van der Waals surface area contributed by atoms with Crippen LogP contribution in [0.3, 0.4) is 0 Å². The molecule has 0 aromatic heterocycles. The Hall–Kier alpha value is -1.63. The van der Waals surface area contributed by atoms with Crippen molar-refractivity contribution >= 4 is 17.9 Å². The number of likely N-dealkylation sites (tertiary alicyclic amines) is 1. The molecule has 2 aliphatic heterocycles. The third kappa shape index (κ3) is 3.93. The summed E-state index contributed by atoms with van der Waals surface area (Å²) in [4.78, 5) is 38.8. The van der Waals surface area contributed by atoms with Crippen LogP contribution in [0, 0.1) is 0 Å². The van der Waals surface area contributed by atoms with Crippen molar-refractivity contribution in [3.05, 3.63) is 0 Å². The van der Waals surface area contributed by atoms with E-state index in [1.165, 1.54) is 4.90 Å². The fraction of sp³-hybridized carbons (Fsp3) is 0.786. The van der Waals surface area contributed by atoms with Crippen LogP contribution in [-0.2, 0) is 14.3 Å². The number of nitrogens with one attached hydrogen (secondary N) is 1. The Morgan fingerprint density at radius 3 is 2.62 bits per heavy atom. The molecular formula is C14H23N3O4. The van der Waals surface area contributed by atoms with E-state index in [1.54, 1.807) is 0 Å². The number of carbonyl (C=O) groups excluding carboxylic acids is 3. The van der Waals surface area contributed by atoms with E-state index in [-0.39, 0.29) is 30.5 Å². The van der Waals surface area contributed by atoms with E-state index in [2.05, 4.69) is 5.32 Å². The van der Waals surface area contributed by atoms with E-state index in [9.17, 15) is 14.4 Å². The topological polar surface area (TPSA) is 79.0 Å². The molecule has 118 valence electrons. The zero-order chi connectivity index (χ0) is 15.6. The van der Waals surface area contributed by atoms with Gasteiger partial charge in [-0.15, -0.1) is 0 Å². The van der Waals surface area contributed by atoms with Crippen molar-refractivity contribution in [1.29, 1.82) is 0 Å². The maximum Gasteiger partial charge on any atom is 0.324 e. The molecule has 2 heterocycles. The largest absolute Gasteiger partial charge is 0.459 e. The van der Waals surface area contributed by atoms with Crippen LogP contribution in [-0.4, -0.2) is 65.5 Å². The maximum absolute atomic E-state index is 12.2. The van der Waals surface area contributed by atoms with Gasteiger partial charge in [0.2, 0.25) is 5.91 Å². The van der Waals surface area contributed by atoms with Gasteiger partial charge in [-0.1, -0.05) is 0 Å². The zero-order valence-electron chi connectivity index (χ0n) is 12.8. The average molecular weight is 297 g/mol. The first kappa shape index (κ1) is 15.8. The molecule has 2 rings (SSSR count). The standard InChI is InChI=1S/C14H23N3O4/c1-14(2,3)21-12(19)10-5-4-7-16(10)9-11(18)17-8-6-15-13(17)20/h10H,4-9H2,1-3H3,(H,15,20)/t10-/m0/s1. The van der Waals surface area contributed by atoms with Gasteiger partial charge in [0.15, 0.2) is 0 Å². The number of hydrogen-bond donors (Lipinski definition) is 1. The first-order valence-corrected chi connectivity index (χ1v) is 7.33. The summed E-state index contributed by atoms with van der Waals surface area (Å²) in [6, 6.07) is -0.744. The molecule has 0 bridgehead atoms. The molecule has 0 radical (unpaired) electrons. The van der Waals surface area contributed by atoms with Crippen LogP contribution < -0.4 is 5.32 Å². The van der Waals surface area contributed by atoms with Gasteiger partial charge in [-0.25, -0.2) is 4.79 Å². The molecular weight excluding hydrogens is 274 g/mol. The molecule has 21 heavy (non-hydrogen) atoms. The highest BCUT2D eigenvalue weighted by molar-refractivity contribution is 5.97. The van der Waals surface area contributed by atoms with Gasteiger partial charge < -0.3 is 10.1 Å². The Morgan fingerprint density at radius 1 is 1.33 bits per heavy atom. The quantitative estimate of drug-likeness (QED) is 0.760. The molecule has 0 unspecified atom stereocenters. The lowest BCUT2D eigenvalue weighted by molar-refractivity contribution is -0.160. The van der Waals surface area contributed by atoms with Gasteiger partial charge in [-0.2, -0.15) is 0 Å². The van der Waals surface area contributed by atoms with Crippen LogP contribution in [0.2, 0.25) is 0 Å². The Morgan fingerprint density at radius 2 is 2.05 bits per heavy atom. The van der Waals surface area contributed by atoms with Crippen LogP contribution in [0.4, 0.5) is 4.79 Å². The van der Waals surface area contributed by atoms with Crippen LogP contribution in [0.25, 0.3) is 0 Å². The van der Waals surface area contributed by atoms with Gasteiger partial charge in [0.05, 0.1) is 6.54 Å². The van der Waals surface area contributed by atoms with Crippen LogP contribution in [0.5, 0.6) is 0 Å². The lowest BCUT2D eigenvalue weighted by Gasteiger charge is -2.27.